The average Bonchev–Trinajstić information content (AvgIpc) is 3.76. The maximum absolute atomic E-state index is 6.54. The van der Waals surface area contributed by atoms with Gasteiger partial charge in [0.1, 0.15) is 11.2 Å². The van der Waals surface area contributed by atoms with E-state index in [-0.39, 0.29) is 5.41 Å². The first-order valence-electron chi connectivity index (χ1n) is 19.2. The van der Waals surface area contributed by atoms with Crippen LogP contribution < -0.4 is 0 Å². The van der Waals surface area contributed by atoms with Crippen molar-refractivity contribution in [3.63, 3.8) is 0 Å². The zero-order chi connectivity index (χ0) is 37.4. The SMILES string of the molecule is CC1(C)c2ccccc2-c2cccc(-c3cc(-c4cc(-c5ccccc5)cc(-c5ccc6c(c5)oc5ccc7ccccc7c56)c4)nc(-c4ccccc4)n3)c21. The van der Waals surface area contributed by atoms with Gasteiger partial charge in [0.05, 0.1) is 11.4 Å². The van der Waals surface area contributed by atoms with Crippen LogP contribution in [0.2, 0.25) is 0 Å². The molecule has 0 atom stereocenters. The zero-order valence-corrected chi connectivity index (χ0v) is 31.1. The molecule has 0 aliphatic heterocycles. The average molecular weight is 717 g/mol. The van der Waals surface area contributed by atoms with Crippen molar-refractivity contribution in [1.29, 1.82) is 0 Å². The summed E-state index contributed by atoms with van der Waals surface area (Å²) in [5.74, 6) is 0.701. The van der Waals surface area contributed by atoms with Crippen LogP contribution in [0, 0.1) is 0 Å². The van der Waals surface area contributed by atoms with Gasteiger partial charge >= 0.3 is 0 Å². The third-order valence-electron chi connectivity index (χ3n) is 11.6. The molecule has 3 heteroatoms. The van der Waals surface area contributed by atoms with Gasteiger partial charge in [-0.3, -0.25) is 0 Å². The maximum Gasteiger partial charge on any atom is 0.160 e. The van der Waals surface area contributed by atoms with Crippen LogP contribution in [0.15, 0.2) is 186 Å². The Bertz CT molecular complexity index is 3160. The molecule has 1 aliphatic carbocycles. The molecular weight excluding hydrogens is 681 g/mol. The van der Waals surface area contributed by atoms with Gasteiger partial charge < -0.3 is 4.42 Å². The molecule has 0 saturated heterocycles. The van der Waals surface area contributed by atoms with Crippen LogP contribution >= 0.6 is 0 Å². The second-order valence-electron chi connectivity index (χ2n) is 15.4. The summed E-state index contributed by atoms with van der Waals surface area (Å²) >= 11 is 0. The summed E-state index contributed by atoms with van der Waals surface area (Å²) in [7, 11) is 0. The number of furan rings is 1. The Morgan fingerprint density at radius 2 is 1.07 bits per heavy atom. The first-order chi connectivity index (χ1) is 27.5. The number of rotatable bonds is 5. The van der Waals surface area contributed by atoms with Crippen molar-refractivity contribution >= 4 is 32.7 Å². The van der Waals surface area contributed by atoms with E-state index < -0.39 is 0 Å². The van der Waals surface area contributed by atoms with Crippen LogP contribution in [0.25, 0.3) is 100.0 Å². The van der Waals surface area contributed by atoms with E-state index in [1.165, 1.54) is 33.0 Å². The molecule has 0 saturated carbocycles. The monoisotopic (exact) mass is 716 g/mol. The molecule has 0 fully saturated rings. The van der Waals surface area contributed by atoms with Crippen LogP contribution in [0.3, 0.4) is 0 Å². The highest BCUT2D eigenvalue weighted by molar-refractivity contribution is 6.19. The minimum Gasteiger partial charge on any atom is -0.456 e. The van der Waals surface area contributed by atoms with Crippen LogP contribution in [0.1, 0.15) is 25.0 Å². The van der Waals surface area contributed by atoms with Crippen LogP contribution in [-0.2, 0) is 5.41 Å². The van der Waals surface area contributed by atoms with Gasteiger partial charge in [0, 0.05) is 32.9 Å². The molecule has 0 unspecified atom stereocenters. The first-order valence-corrected chi connectivity index (χ1v) is 19.2. The van der Waals surface area contributed by atoms with Crippen molar-refractivity contribution < 1.29 is 4.42 Å². The smallest absolute Gasteiger partial charge is 0.160 e. The van der Waals surface area contributed by atoms with Gasteiger partial charge in [-0.25, -0.2) is 9.97 Å². The van der Waals surface area contributed by atoms with Crippen molar-refractivity contribution in [2.24, 2.45) is 0 Å². The summed E-state index contributed by atoms with van der Waals surface area (Å²) in [6.45, 7) is 4.66. The molecule has 0 N–H and O–H groups in total. The van der Waals surface area contributed by atoms with Crippen molar-refractivity contribution in [3.05, 3.63) is 193 Å². The highest BCUT2D eigenvalue weighted by atomic mass is 16.3. The number of hydrogen-bond acceptors (Lipinski definition) is 3. The lowest BCUT2D eigenvalue weighted by Crippen LogP contribution is -2.16. The number of fused-ring (bicyclic) bond motifs is 8. The highest BCUT2D eigenvalue weighted by Gasteiger charge is 2.37. The number of hydrogen-bond donors (Lipinski definition) is 0. The standard InChI is InChI=1S/C53H36N2O/c1-53(2)45-23-12-11-20-41(45)42-21-13-22-43(51(42)53)47-32-46(54-52(55-47)35-17-7-4-8-18-35)39-29-37(33-14-5-3-6-15-33)28-38(30-39)36-24-26-44-49(31-36)56-48-27-25-34-16-9-10-19-40(34)50(44)48/h3-32H,1-2H3. The molecule has 1 aliphatic rings. The number of nitrogens with zero attached hydrogens (tertiary/aromatic N) is 2. The summed E-state index contributed by atoms with van der Waals surface area (Å²) in [6, 6.07) is 64.7. The van der Waals surface area contributed by atoms with Crippen LogP contribution in [-0.4, -0.2) is 9.97 Å². The Morgan fingerprint density at radius 3 is 1.91 bits per heavy atom. The minimum atomic E-state index is -0.192. The Labute approximate surface area is 325 Å². The Kier molecular flexibility index (Phi) is 7.20. The molecule has 3 nitrogen and oxygen atoms in total. The summed E-state index contributed by atoms with van der Waals surface area (Å²) in [4.78, 5) is 10.6. The van der Waals surface area contributed by atoms with Gasteiger partial charge in [-0.2, -0.15) is 0 Å². The fourth-order valence-electron chi connectivity index (χ4n) is 8.98. The van der Waals surface area contributed by atoms with E-state index >= 15 is 0 Å². The minimum absolute atomic E-state index is 0.192. The molecule has 2 heterocycles. The fourth-order valence-corrected chi connectivity index (χ4v) is 8.98. The maximum atomic E-state index is 6.54. The van der Waals surface area contributed by atoms with Crippen molar-refractivity contribution in [3.8, 4) is 67.3 Å². The second-order valence-corrected chi connectivity index (χ2v) is 15.4. The van der Waals surface area contributed by atoms with E-state index in [0.717, 1.165) is 72.3 Å². The van der Waals surface area contributed by atoms with Crippen molar-refractivity contribution in [2.75, 3.05) is 0 Å². The van der Waals surface area contributed by atoms with Crippen molar-refractivity contribution in [1.82, 2.24) is 9.97 Å². The summed E-state index contributed by atoms with van der Waals surface area (Å²) in [5.41, 5.74) is 16.1. The van der Waals surface area contributed by atoms with Gasteiger partial charge in [-0.1, -0.05) is 153 Å². The fraction of sp³-hybridized carbons (Fsp3) is 0.0566. The van der Waals surface area contributed by atoms with Gasteiger partial charge in [-0.05, 0) is 97.7 Å². The lowest BCUT2D eigenvalue weighted by Gasteiger charge is -2.24. The van der Waals surface area contributed by atoms with Crippen molar-refractivity contribution in [2.45, 2.75) is 19.3 Å². The summed E-state index contributed by atoms with van der Waals surface area (Å²) in [5, 5.41) is 4.69. The first kappa shape index (κ1) is 32.3. The van der Waals surface area contributed by atoms with Crippen LogP contribution in [0.5, 0.6) is 0 Å². The predicted octanol–water partition coefficient (Wildman–Crippen LogP) is 14.2. The predicted molar refractivity (Wildman–Crippen MR) is 232 cm³/mol. The Morgan fingerprint density at radius 1 is 0.411 bits per heavy atom. The van der Waals surface area contributed by atoms with Gasteiger partial charge in [0.2, 0.25) is 0 Å². The quantitative estimate of drug-likeness (QED) is 0.178. The highest BCUT2D eigenvalue weighted by Crippen LogP contribution is 2.52. The van der Waals surface area contributed by atoms with Crippen LogP contribution in [0.4, 0.5) is 0 Å². The molecule has 0 radical (unpaired) electrons. The van der Waals surface area contributed by atoms with E-state index in [0.29, 0.717) is 5.82 Å². The molecule has 0 spiro atoms. The molecule has 2 aromatic heterocycles. The molecule has 0 bridgehead atoms. The Hall–Kier alpha value is -7.10. The second kappa shape index (κ2) is 12.5. The largest absolute Gasteiger partial charge is 0.456 e. The molecule has 11 rings (SSSR count). The summed E-state index contributed by atoms with van der Waals surface area (Å²) in [6.07, 6.45) is 0. The molecule has 8 aromatic carbocycles. The lowest BCUT2D eigenvalue weighted by molar-refractivity contribution is 0.662. The third kappa shape index (κ3) is 5.12. The summed E-state index contributed by atoms with van der Waals surface area (Å²) < 4.78 is 6.54. The lowest BCUT2D eigenvalue weighted by atomic mass is 9.79. The molecule has 56 heavy (non-hydrogen) atoms. The zero-order valence-electron chi connectivity index (χ0n) is 31.1. The van der Waals surface area contributed by atoms with Gasteiger partial charge in [-0.15, -0.1) is 0 Å². The van der Waals surface area contributed by atoms with E-state index in [2.05, 4.69) is 190 Å². The van der Waals surface area contributed by atoms with E-state index in [4.69, 9.17) is 14.4 Å². The molecule has 264 valence electrons. The van der Waals surface area contributed by atoms with Gasteiger partial charge in [0.15, 0.2) is 5.82 Å². The Balaban J connectivity index is 1.13. The molecule has 0 amide bonds. The van der Waals surface area contributed by atoms with Gasteiger partial charge in [0.25, 0.3) is 0 Å². The topological polar surface area (TPSA) is 38.9 Å². The molecule has 10 aromatic rings. The van der Waals surface area contributed by atoms with E-state index in [9.17, 15) is 0 Å². The number of benzene rings is 8. The number of aromatic nitrogens is 2. The third-order valence-corrected chi connectivity index (χ3v) is 11.6. The van der Waals surface area contributed by atoms with E-state index in [1.807, 2.05) is 6.07 Å². The van der Waals surface area contributed by atoms with E-state index in [1.54, 1.807) is 0 Å². The molecular formula is C53H36N2O. The normalized spacial score (nSPS) is 13.0.